The molecule has 0 spiro atoms. The first-order valence-corrected chi connectivity index (χ1v) is 8.45. The molecule has 0 unspecified atom stereocenters. The molecule has 0 aliphatic heterocycles. The number of nitrogens with one attached hydrogen (secondary N) is 4. The Morgan fingerprint density at radius 2 is 1.27 bits per heavy atom. The van der Waals surface area contributed by atoms with Crippen molar-refractivity contribution < 1.29 is 0 Å². The summed E-state index contributed by atoms with van der Waals surface area (Å²) in [7, 11) is 0. The van der Waals surface area contributed by atoms with Gasteiger partial charge in [0, 0.05) is 23.5 Å². The van der Waals surface area contributed by atoms with E-state index >= 15 is 0 Å². The van der Waals surface area contributed by atoms with Gasteiger partial charge in [-0.2, -0.15) is 10.2 Å². The number of aromatic amines is 2. The van der Waals surface area contributed by atoms with Crippen LogP contribution in [-0.4, -0.2) is 25.4 Å². The molecule has 0 saturated heterocycles. The summed E-state index contributed by atoms with van der Waals surface area (Å²) in [5, 5.41) is 20.3. The molecule has 136 valence electrons. The number of nitrogens with zero attached hydrogens (tertiary/aromatic N) is 3. The summed E-state index contributed by atoms with van der Waals surface area (Å²) < 4.78 is 0. The minimum atomic E-state index is 0.659. The van der Waals surface area contributed by atoms with Gasteiger partial charge in [0.1, 0.15) is 0 Å². The maximum absolute atomic E-state index is 4.58. The molecule has 0 amide bonds. The number of pyridine rings is 1. The lowest BCUT2D eigenvalue weighted by atomic mass is 10.2. The molecule has 3 heterocycles. The number of aryl methyl sites for hydroxylation is 2. The predicted octanol–water partition coefficient (Wildman–Crippen LogP) is 4.34. The SMILES string of the molecule is C=C(Nc1cc(C)[nH]n1)c1cccc(C(=C)Nc2cc(C)[nH]n2)n1.CC. The minimum Gasteiger partial charge on any atom is -0.337 e. The summed E-state index contributed by atoms with van der Waals surface area (Å²) in [6.45, 7) is 15.9. The maximum Gasteiger partial charge on any atom is 0.152 e. The van der Waals surface area contributed by atoms with Gasteiger partial charge in [0.15, 0.2) is 11.6 Å². The smallest absolute Gasteiger partial charge is 0.152 e. The molecule has 0 aliphatic carbocycles. The van der Waals surface area contributed by atoms with E-state index in [1.54, 1.807) is 0 Å². The van der Waals surface area contributed by atoms with Gasteiger partial charge in [-0.25, -0.2) is 4.98 Å². The van der Waals surface area contributed by atoms with Crippen LogP contribution in [0.5, 0.6) is 0 Å². The molecule has 0 bridgehead atoms. The van der Waals surface area contributed by atoms with Crippen LogP contribution in [0.15, 0.2) is 43.5 Å². The van der Waals surface area contributed by atoms with Crippen LogP contribution in [0.2, 0.25) is 0 Å². The summed E-state index contributed by atoms with van der Waals surface area (Å²) in [6.07, 6.45) is 0. The van der Waals surface area contributed by atoms with Gasteiger partial charge < -0.3 is 10.6 Å². The van der Waals surface area contributed by atoms with E-state index in [1.807, 2.05) is 58.0 Å². The lowest BCUT2D eigenvalue weighted by molar-refractivity contribution is 1.05. The van der Waals surface area contributed by atoms with Crippen LogP contribution in [0.3, 0.4) is 0 Å². The second kappa shape index (κ2) is 8.66. The number of hydrogen-bond acceptors (Lipinski definition) is 5. The van der Waals surface area contributed by atoms with Crippen LogP contribution in [0, 0.1) is 13.8 Å². The van der Waals surface area contributed by atoms with Crippen molar-refractivity contribution in [2.75, 3.05) is 10.6 Å². The van der Waals surface area contributed by atoms with E-state index in [2.05, 4.69) is 49.2 Å². The fourth-order valence-electron chi connectivity index (χ4n) is 2.17. The summed E-state index contributed by atoms with van der Waals surface area (Å²) >= 11 is 0. The average molecular weight is 351 g/mol. The van der Waals surface area contributed by atoms with Crippen LogP contribution in [-0.2, 0) is 0 Å². The molecule has 3 aromatic rings. The fourth-order valence-corrected chi connectivity index (χ4v) is 2.17. The normalized spacial score (nSPS) is 9.85. The summed E-state index contributed by atoms with van der Waals surface area (Å²) in [6, 6.07) is 9.46. The zero-order valence-corrected chi connectivity index (χ0v) is 15.6. The lowest BCUT2D eigenvalue weighted by Crippen LogP contribution is -2.04. The Kier molecular flexibility index (Phi) is 6.32. The fraction of sp³-hybridized carbons (Fsp3) is 0.211. The van der Waals surface area contributed by atoms with Crippen molar-refractivity contribution in [2.24, 2.45) is 0 Å². The molecule has 4 N–H and O–H groups in total. The number of aromatic nitrogens is 5. The maximum atomic E-state index is 4.58. The molecule has 0 atom stereocenters. The predicted molar refractivity (Wildman–Crippen MR) is 108 cm³/mol. The van der Waals surface area contributed by atoms with E-state index in [1.165, 1.54) is 0 Å². The Morgan fingerprint density at radius 3 is 1.62 bits per heavy atom. The number of H-pyrrole nitrogens is 2. The van der Waals surface area contributed by atoms with Crippen molar-refractivity contribution in [2.45, 2.75) is 27.7 Å². The van der Waals surface area contributed by atoms with Crippen LogP contribution in [0.4, 0.5) is 11.6 Å². The van der Waals surface area contributed by atoms with E-state index in [-0.39, 0.29) is 0 Å². The molecular formula is C19H25N7. The van der Waals surface area contributed by atoms with Crippen LogP contribution < -0.4 is 10.6 Å². The second-order valence-electron chi connectivity index (χ2n) is 5.49. The van der Waals surface area contributed by atoms with Gasteiger partial charge >= 0.3 is 0 Å². The first-order valence-electron chi connectivity index (χ1n) is 8.45. The highest BCUT2D eigenvalue weighted by Gasteiger charge is 2.08. The van der Waals surface area contributed by atoms with Crippen molar-refractivity contribution in [3.05, 3.63) is 66.3 Å². The van der Waals surface area contributed by atoms with Gasteiger partial charge in [-0.05, 0) is 26.0 Å². The Hall–Kier alpha value is -3.35. The van der Waals surface area contributed by atoms with Crippen molar-refractivity contribution in [3.8, 4) is 0 Å². The van der Waals surface area contributed by atoms with Crippen LogP contribution in [0.1, 0.15) is 36.6 Å². The highest BCUT2D eigenvalue weighted by Crippen LogP contribution is 2.18. The van der Waals surface area contributed by atoms with E-state index < -0.39 is 0 Å². The van der Waals surface area contributed by atoms with E-state index in [4.69, 9.17) is 0 Å². The van der Waals surface area contributed by atoms with Gasteiger partial charge in [-0.1, -0.05) is 33.1 Å². The number of anilines is 2. The van der Waals surface area contributed by atoms with Gasteiger partial charge in [-0.3, -0.25) is 10.2 Å². The molecule has 0 aromatic carbocycles. The zero-order valence-electron chi connectivity index (χ0n) is 15.6. The van der Waals surface area contributed by atoms with Gasteiger partial charge in [0.2, 0.25) is 0 Å². The largest absolute Gasteiger partial charge is 0.337 e. The first kappa shape index (κ1) is 19.0. The standard InChI is InChI=1S/C17H19N7.C2H6/c1-10-8-16(23-21-10)18-12(3)14-6-5-7-15(20-14)13(4)19-17-9-11(2)22-24-17;1-2/h5-9H,3-4H2,1-2H3,(H2,18,21,23)(H2,19,22,24);1-2H3. The number of hydrogen-bond donors (Lipinski definition) is 4. The van der Waals surface area contributed by atoms with E-state index in [0.29, 0.717) is 34.4 Å². The van der Waals surface area contributed by atoms with Gasteiger partial charge in [0.05, 0.1) is 22.8 Å². The van der Waals surface area contributed by atoms with Crippen LogP contribution in [0.25, 0.3) is 11.4 Å². The lowest BCUT2D eigenvalue weighted by Gasteiger charge is -2.10. The Morgan fingerprint density at radius 1 is 0.846 bits per heavy atom. The van der Waals surface area contributed by atoms with Gasteiger partial charge in [-0.15, -0.1) is 0 Å². The Bertz CT molecular complexity index is 819. The second-order valence-corrected chi connectivity index (χ2v) is 5.49. The molecule has 7 heteroatoms. The minimum absolute atomic E-state index is 0.659. The Balaban J connectivity index is 0.00000117. The quantitative estimate of drug-likeness (QED) is 0.530. The zero-order chi connectivity index (χ0) is 19.1. The molecular weight excluding hydrogens is 326 g/mol. The molecule has 7 nitrogen and oxygen atoms in total. The van der Waals surface area contributed by atoms with Crippen molar-refractivity contribution >= 4 is 23.0 Å². The third kappa shape index (κ3) is 4.83. The van der Waals surface area contributed by atoms with Crippen molar-refractivity contribution in [1.29, 1.82) is 0 Å². The van der Waals surface area contributed by atoms with Crippen molar-refractivity contribution in [1.82, 2.24) is 25.4 Å². The highest BCUT2D eigenvalue weighted by molar-refractivity contribution is 5.75. The third-order valence-corrected chi connectivity index (χ3v) is 3.34. The first-order chi connectivity index (χ1) is 12.5. The summed E-state index contributed by atoms with van der Waals surface area (Å²) in [5.41, 5.74) is 4.69. The summed E-state index contributed by atoms with van der Waals surface area (Å²) in [4.78, 5) is 4.58. The molecule has 26 heavy (non-hydrogen) atoms. The topological polar surface area (TPSA) is 94.3 Å². The molecule has 0 radical (unpaired) electrons. The average Bonchev–Trinajstić information content (AvgIpc) is 3.24. The Labute approximate surface area is 153 Å². The summed E-state index contributed by atoms with van der Waals surface area (Å²) in [5.74, 6) is 1.40. The molecule has 0 aliphatic rings. The highest BCUT2D eigenvalue weighted by atomic mass is 15.2. The van der Waals surface area contributed by atoms with E-state index in [0.717, 1.165) is 11.4 Å². The van der Waals surface area contributed by atoms with Crippen LogP contribution >= 0.6 is 0 Å². The monoisotopic (exact) mass is 351 g/mol. The third-order valence-electron chi connectivity index (χ3n) is 3.34. The molecule has 3 rings (SSSR count). The molecule has 0 fully saturated rings. The number of rotatable bonds is 6. The van der Waals surface area contributed by atoms with Crippen molar-refractivity contribution in [3.63, 3.8) is 0 Å². The molecule has 0 saturated carbocycles. The van der Waals surface area contributed by atoms with E-state index in [9.17, 15) is 0 Å². The molecule has 3 aromatic heterocycles. The van der Waals surface area contributed by atoms with Gasteiger partial charge in [0.25, 0.3) is 0 Å².